The van der Waals surface area contributed by atoms with E-state index >= 15 is 0 Å². The molecule has 0 saturated heterocycles. The molecule has 0 saturated carbocycles. The van der Waals surface area contributed by atoms with Gasteiger partial charge in [-0.3, -0.25) is 0 Å². The smallest absolute Gasteiger partial charge is 0.143 e. The third kappa shape index (κ3) is 5.03. The molecule has 2 nitrogen and oxygen atoms in total. The Bertz CT molecular complexity index is 2840. The fraction of sp³-hybridized carbons (Fsp3) is 0.0400. The van der Waals surface area contributed by atoms with Crippen molar-refractivity contribution in [2.45, 2.75) is 12.8 Å². The van der Waals surface area contributed by atoms with Crippen molar-refractivity contribution in [3.8, 4) is 11.1 Å². The number of fused-ring (bicyclic) bond motifs is 6. The Balaban J connectivity index is 1.28. The van der Waals surface area contributed by atoms with E-state index in [2.05, 4.69) is 193 Å². The van der Waals surface area contributed by atoms with Gasteiger partial charge in [0.1, 0.15) is 11.2 Å². The van der Waals surface area contributed by atoms with Crippen LogP contribution in [0.5, 0.6) is 0 Å². The first kappa shape index (κ1) is 30.2. The predicted octanol–water partition coefficient (Wildman–Crippen LogP) is 14.3. The molecule has 0 amide bonds. The number of para-hydroxylation sites is 1. The maximum atomic E-state index is 6.87. The molecule has 1 aromatic heterocycles. The Morgan fingerprint density at radius 1 is 0.423 bits per heavy atom. The SMILES string of the molecule is C1=C(c2ccccc2)C(c2cccc3oc4c5ccccc5c(N(c5ccc6ccccc6c5)c5ccccc5-c5ccccc5)cc4c23)=CCC1. The van der Waals surface area contributed by atoms with Crippen LogP contribution in [-0.4, -0.2) is 0 Å². The fourth-order valence-electron chi connectivity index (χ4n) is 8.11. The monoisotopic (exact) mass is 665 g/mol. The molecule has 10 rings (SSSR count). The van der Waals surface area contributed by atoms with Gasteiger partial charge in [-0.05, 0) is 81.8 Å². The average Bonchev–Trinajstić information content (AvgIpc) is 3.61. The maximum Gasteiger partial charge on any atom is 0.143 e. The largest absolute Gasteiger partial charge is 0.455 e. The molecule has 0 N–H and O–H groups in total. The molecular formula is C50H35NO. The van der Waals surface area contributed by atoms with Crippen LogP contribution < -0.4 is 4.90 Å². The third-order valence-electron chi connectivity index (χ3n) is 10.5. The zero-order chi connectivity index (χ0) is 34.4. The average molecular weight is 666 g/mol. The van der Waals surface area contributed by atoms with Gasteiger partial charge in [-0.15, -0.1) is 0 Å². The van der Waals surface area contributed by atoms with Gasteiger partial charge in [-0.25, -0.2) is 0 Å². The van der Waals surface area contributed by atoms with Crippen molar-refractivity contribution < 1.29 is 4.42 Å². The summed E-state index contributed by atoms with van der Waals surface area (Å²) >= 11 is 0. The van der Waals surface area contributed by atoms with Crippen molar-refractivity contribution in [1.82, 2.24) is 0 Å². The molecule has 1 heterocycles. The number of hydrogen-bond donors (Lipinski definition) is 0. The van der Waals surface area contributed by atoms with Gasteiger partial charge in [0.05, 0.1) is 11.4 Å². The van der Waals surface area contributed by atoms with E-state index in [9.17, 15) is 0 Å². The van der Waals surface area contributed by atoms with E-state index in [1.165, 1.54) is 44.2 Å². The van der Waals surface area contributed by atoms with E-state index in [0.29, 0.717) is 0 Å². The summed E-state index contributed by atoms with van der Waals surface area (Å²) in [5.74, 6) is 0. The van der Waals surface area contributed by atoms with Gasteiger partial charge in [0, 0.05) is 32.8 Å². The highest BCUT2D eigenvalue weighted by atomic mass is 16.3. The number of furan rings is 1. The Hall–Kier alpha value is -6.64. The minimum absolute atomic E-state index is 0.899. The Morgan fingerprint density at radius 2 is 1.08 bits per heavy atom. The van der Waals surface area contributed by atoms with Crippen LogP contribution in [0.4, 0.5) is 17.1 Å². The molecule has 1 aliphatic carbocycles. The number of benzene rings is 8. The molecule has 52 heavy (non-hydrogen) atoms. The van der Waals surface area contributed by atoms with Crippen LogP contribution >= 0.6 is 0 Å². The van der Waals surface area contributed by atoms with E-state index in [4.69, 9.17) is 4.42 Å². The van der Waals surface area contributed by atoms with E-state index in [1.54, 1.807) is 0 Å². The molecule has 8 aromatic carbocycles. The van der Waals surface area contributed by atoms with E-state index in [1.807, 2.05) is 0 Å². The first-order valence-corrected chi connectivity index (χ1v) is 18.1. The van der Waals surface area contributed by atoms with Gasteiger partial charge in [0.25, 0.3) is 0 Å². The van der Waals surface area contributed by atoms with Gasteiger partial charge in [-0.1, -0.05) is 158 Å². The summed E-state index contributed by atoms with van der Waals surface area (Å²) in [4.78, 5) is 2.45. The topological polar surface area (TPSA) is 16.4 Å². The third-order valence-corrected chi connectivity index (χ3v) is 10.5. The lowest BCUT2D eigenvalue weighted by Crippen LogP contribution is -2.12. The van der Waals surface area contributed by atoms with Crippen LogP contribution in [0.25, 0.3) is 65.8 Å². The van der Waals surface area contributed by atoms with Crippen LogP contribution in [0, 0.1) is 0 Å². The Labute approximate surface area is 303 Å². The number of nitrogens with zero attached hydrogens (tertiary/aromatic N) is 1. The van der Waals surface area contributed by atoms with Gasteiger partial charge in [0.15, 0.2) is 0 Å². The first-order chi connectivity index (χ1) is 25.8. The molecule has 0 spiro atoms. The van der Waals surface area contributed by atoms with E-state index in [0.717, 1.165) is 62.6 Å². The molecule has 0 aliphatic heterocycles. The molecule has 246 valence electrons. The first-order valence-electron chi connectivity index (χ1n) is 18.1. The van der Waals surface area contributed by atoms with Crippen molar-refractivity contribution in [2.75, 3.05) is 4.90 Å². The van der Waals surface area contributed by atoms with Crippen LogP contribution in [0.1, 0.15) is 24.0 Å². The minimum Gasteiger partial charge on any atom is -0.455 e. The van der Waals surface area contributed by atoms with Crippen LogP contribution in [-0.2, 0) is 0 Å². The molecule has 2 heteroatoms. The molecule has 0 radical (unpaired) electrons. The highest BCUT2D eigenvalue weighted by Crippen LogP contribution is 2.49. The predicted molar refractivity (Wildman–Crippen MR) is 220 cm³/mol. The van der Waals surface area contributed by atoms with Gasteiger partial charge >= 0.3 is 0 Å². The highest BCUT2D eigenvalue weighted by Gasteiger charge is 2.25. The quantitative estimate of drug-likeness (QED) is 0.176. The Kier molecular flexibility index (Phi) is 7.32. The summed E-state index contributed by atoms with van der Waals surface area (Å²) in [5, 5.41) is 6.91. The zero-order valence-corrected chi connectivity index (χ0v) is 28.7. The van der Waals surface area contributed by atoms with Crippen molar-refractivity contribution in [2.24, 2.45) is 0 Å². The van der Waals surface area contributed by atoms with Gasteiger partial charge in [-0.2, -0.15) is 0 Å². The van der Waals surface area contributed by atoms with Crippen LogP contribution in [0.2, 0.25) is 0 Å². The molecule has 1 aliphatic rings. The second-order valence-electron chi connectivity index (χ2n) is 13.5. The minimum atomic E-state index is 0.899. The molecule has 0 atom stereocenters. The van der Waals surface area contributed by atoms with Gasteiger partial charge in [0.2, 0.25) is 0 Å². The molecule has 0 unspecified atom stereocenters. The second-order valence-corrected chi connectivity index (χ2v) is 13.5. The summed E-state index contributed by atoms with van der Waals surface area (Å²) < 4.78 is 6.87. The van der Waals surface area contributed by atoms with Crippen molar-refractivity contribution >= 4 is 71.7 Å². The summed E-state index contributed by atoms with van der Waals surface area (Å²) in [6, 6.07) is 63.3. The van der Waals surface area contributed by atoms with Crippen molar-refractivity contribution in [1.29, 1.82) is 0 Å². The lowest BCUT2D eigenvalue weighted by Gasteiger charge is -2.29. The highest BCUT2D eigenvalue weighted by molar-refractivity contribution is 6.24. The van der Waals surface area contributed by atoms with Gasteiger partial charge < -0.3 is 9.32 Å². The summed E-state index contributed by atoms with van der Waals surface area (Å²) in [6.07, 6.45) is 6.86. The second kappa shape index (κ2) is 12.6. The van der Waals surface area contributed by atoms with Crippen LogP contribution in [0.3, 0.4) is 0 Å². The van der Waals surface area contributed by atoms with Crippen molar-refractivity contribution in [3.63, 3.8) is 0 Å². The van der Waals surface area contributed by atoms with E-state index in [-0.39, 0.29) is 0 Å². The Morgan fingerprint density at radius 3 is 1.90 bits per heavy atom. The lowest BCUT2D eigenvalue weighted by molar-refractivity contribution is 0.672. The number of allylic oxidation sites excluding steroid dienone is 4. The van der Waals surface area contributed by atoms with Crippen LogP contribution in [0.15, 0.2) is 192 Å². The standard InChI is InChI=1S/C50H35NO/c1-3-17-35(18-4-1)39-22-9-10-24-41(39)43-27-15-29-48-49(43)45-33-47(42-25-11-12-26-44(42)50(45)52-48)51(38-31-30-34-16-7-8-21-37(34)32-38)46-28-14-13-23-40(46)36-19-5-2-6-20-36/h1-8,11-33H,9-10H2. The van der Waals surface area contributed by atoms with E-state index < -0.39 is 0 Å². The number of rotatable bonds is 6. The number of hydrogen-bond acceptors (Lipinski definition) is 2. The molecule has 9 aromatic rings. The summed E-state index contributed by atoms with van der Waals surface area (Å²) in [6.45, 7) is 0. The zero-order valence-electron chi connectivity index (χ0n) is 28.7. The normalized spacial score (nSPS) is 13.1. The molecule has 0 fully saturated rings. The fourth-order valence-corrected chi connectivity index (χ4v) is 8.11. The maximum absolute atomic E-state index is 6.87. The number of anilines is 3. The summed E-state index contributed by atoms with van der Waals surface area (Å²) in [7, 11) is 0. The molecular weight excluding hydrogens is 631 g/mol. The van der Waals surface area contributed by atoms with Crippen molar-refractivity contribution in [3.05, 3.63) is 199 Å². The summed E-state index contributed by atoms with van der Waals surface area (Å²) in [5.41, 5.74) is 12.5. The molecule has 0 bridgehead atoms. The lowest BCUT2D eigenvalue weighted by atomic mass is 9.85.